The quantitative estimate of drug-likeness (QED) is 0.559. The highest BCUT2D eigenvalue weighted by molar-refractivity contribution is 5.77. The van der Waals surface area contributed by atoms with Crippen LogP contribution in [0.5, 0.6) is 5.75 Å². The van der Waals surface area contributed by atoms with Crippen LogP contribution in [0, 0.1) is 0 Å². The first-order valence-corrected chi connectivity index (χ1v) is 9.98. The molecule has 154 valence electrons. The maximum Gasteiger partial charge on any atom is 0.265 e. The van der Waals surface area contributed by atoms with E-state index in [1.165, 1.54) is 0 Å². The number of hydrogen-bond acceptors (Lipinski definition) is 5. The number of benzene rings is 2. The van der Waals surface area contributed by atoms with Gasteiger partial charge < -0.3 is 14.5 Å². The molecule has 0 radical (unpaired) electrons. The van der Waals surface area contributed by atoms with Gasteiger partial charge in [-0.05, 0) is 77.1 Å². The standard InChI is InChI=1S/C23H30N4O2/c1-25(2)15-7-16-26(3)17-14-22-24-21-9-6-5-8-20(21)23(28)27(22)18-10-12-19(29-4)13-11-18/h5-6,8-13H,7,14-17H2,1-4H3. The number of para-hydroxylation sites is 1. The van der Waals surface area contributed by atoms with Crippen molar-refractivity contribution >= 4 is 10.9 Å². The van der Waals surface area contributed by atoms with Gasteiger partial charge in [0.15, 0.2) is 0 Å². The van der Waals surface area contributed by atoms with Crippen LogP contribution < -0.4 is 10.3 Å². The highest BCUT2D eigenvalue weighted by Gasteiger charge is 2.13. The molecule has 0 unspecified atom stereocenters. The van der Waals surface area contributed by atoms with Crippen molar-refractivity contribution < 1.29 is 4.74 Å². The van der Waals surface area contributed by atoms with Crippen LogP contribution in [0.4, 0.5) is 0 Å². The second-order valence-electron chi connectivity index (χ2n) is 7.59. The summed E-state index contributed by atoms with van der Waals surface area (Å²) in [6.45, 7) is 2.92. The van der Waals surface area contributed by atoms with Crippen LogP contribution in [0.15, 0.2) is 53.3 Å². The molecule has 0 bridgehead atoms. The van der Waals surface area contributed by atoms with Crippen molar-refractivity contribution in [1.82, 2.24) is 19.4 Å². The van der Waals surface area contributed by atoms with Gasteiger partial charge >= 0.3 is 0 Å². The Morgan fingerprint density at radius 1 is 0.966 bits per heavy atom. The fourth-order valence-corrected chi connectivity index (χ4v) is 3.40. The monoisotopic (exact) mass is 394 g/mol. The molecule has 6 heteroatoms. The predicted octanol–water partition coefficient (Wildman–Crippen LogP) is 2.82. The van der Waals surface area contributed by atoms with Crippen LogP contribution in [0.2, 0.25) is 0 Å². The molecule has 29 heavy (non-hydrogen) atoms. The molecule has 0 spiro atoms. The van der Waals surface area contributed by atoms with Crippen LogP contribution in [0.25, 0.3) is 16.6 Å². The zero-order valence-corrected chi connectivity index (χ0v) is 17.8. The average molecular weight is 395 g/mol. The zero-order chi connectivity index (χ0) is 20.8. The number of rotatable bonds is 9. The van der Waals surface area contributed by atoms with E-state index in [9.17, 15) is 4.79 Å². The summed E-state index contributed by atoms with van der Waals surface area (Å²) in [6, 6.07) is 15.1. The molecule has 0 saturated heterocycles. The minimum atomic E-state index is -0.0361. The SMILES string of the molecule is COc1ccc(-n2c(CCN(C)CCCN(C)C)nc3ccccc3c2=O)cc1. The van der Waals surface area contributed by atoms with Gasteiger partial charge in [0.05, 0.1) is 23.7 Å². The minimum absolute atomic E-state index is 0.0361. The van der Waals surface area contributed by atoms with Crippen molar-refractivity contribution in [2.24, 2.45) is 0 Å². The Morgan fingerprint density at radius 3 is 2.38 bits per heavy atom. The van der Waals surface area contributed by atoms with Gasteiger partial charge in [-0.3, -0.25) is 9.36 Å². The van der Waals surface area contributed by atoms with E-state index in [0.717, 1.165) is 48.8 Å². The Bertz CT molecular complexity index is 996. The van der Waals surface area contributed by atoms with E-state index in [4.69, 9.17) is 9.72 Å². The van der Waals surface area contributed by atoms with Crippen molar-refractivity contribution in [2.75, 3.05) is 47.9 Å². The van der Waals surface area contributed by atoms with E-state index in [-0.39, 0.29) is 5.56 Å². The van der Waals surface area contributed by atoms with E-state index in [1.807, 2.05) is 48.5 Å². The Balaban J connectivity index is 1.91. The van der Waals surface area contributed by atoms with Gasteiger partial charge in [-0.15, -0.1) is 0 Å². The first-order chi connectivity index (χ1) is 14.0. The molecule has 1 heterocycles. The molecule has 2 aromatic carbocycles. The van der Waals surface area contributed by atoms with E-state index in [1.54, 1.807) is 11.7 Å². The summed E-state index contributed by atoms with van der Waals surface area (Å²) in [7, 11) is 7.93. The third kappa shape index (κ3) is 5.22. The first-order valence-electron chi connectivity index (χ1n) is 9.98. The second kappa shape index (κ2) is 9.67. The maximum atomic E-state index is 13.3. The normalized spacial score (nSPS) is 11.5. The summed E-state index contributed by atoms with van der Waals surface area (Å²) >= 11 is 0. The lowest BCUT2D eigenvalue weighted by Gasteiger charge is -2.19. The fourth-order valence-electron chi connectivity index (χ4n) is 3.40. The summed E-state index contributed by atoms with van der Waals surface area (Å²) in [5, 5.41) is 0.631. The van der Waals surface area contributed by atoms with Gasteiger partial charge in [0.1, 0.15) is 11.6 Å². The number of fused-ring (bicyclic) bond motifs is 1. The average Bonchev–Trinajstić information content (AvgIpc) is 2.72. The predicted molar refractivity (Wildman–Crippen MR) is 118 cm³/mol. The maximum absolute atomic E-state index is 13.3. The summed E-state index contributed by atoms with van der Waals surface area (Å²) in [5.41, 5.74) is 1.51. The van der Waals surface area contributed by atoms with Crippen LogP contribution in [0.3, 0.4) is 0 Å². The highest BCUT2D eigenvalue weighted by Crippen LogP contribution is 2.17. The van der Waals surface area contributed by atoms with Crippen LogP contribution in [-0.4, -0.2) is 67.2 Å². The van der Waals surface area contributed by atoms with E-state index in [0.29, 0.717) is 11.8 Å². The minimum Gasteiger partial charge on any atom is -0.497 e. The third-order valence-corrected chi connectivity index (χ3v) is 5.04. The van der Waals surface area contributed by atoms with Crippen molar-refractivity contribution in [2.45, 2.75) is 12.8 Å². The molecule has 1 aromatic heterocycles. The van der Waals surface area contributed by atoms with E-state index in [2.05, 4.69) is 30.9 Å². The summed E-state index contributed by atoms with van der Waals surface area (Å²) in [4.78, 5) is 22.6. The van der Waals surface area contributed by atoms with Gasteiger partial charge in [0, 0.05) is 13.0 Å². The Morgan fingerprint density at radius 2 is 1.69 bits per heavy atom. The summed E-state index contributed by atoms with van der Waals surface area (Å²) in [5.74, 6) is 1.54. The van der Waals surface area contributed by atoms with Gasteiger partial charge in [0.25, 0.3) is 5.56 Å². The molecule has 0 aliphatic heterocycles. The van der Waals surface area contributed by atoms with Gasteiger partial charge in [0.2, 0.25) is 0 Å². The molecule has 0 saturated carbocycles. The molecule has 0 amide bonds. The molecule has 3 rings (SSSR count). The summed E-state index contributed by atoms with van der Waals surface area (Å²) in [6.07, 6.45) is 1.81. The molecule has 0 fully saturated rings. The highest BCUT2D eigenvalue weighted by atomic mass is 16.5. The lowest BCUT2D eigenvalue weighted by Crippen LogP contribution is -2.29. The molecular formula is C23H30N4O2. The number of ether oxygens (including phenoxy) is 1. The van der Waals surface area contributed by atoms with Crippen LogP contribution in [0.1, 0.15) is 12.2 Å². The fraction of sp³-hybridized carbons (Fsp3) is 0.391. The van der Waals surface area contributed by atoms with Crippen molar-refractivity contribution in [3.8, 4) is 11.4 Å². The van der Waals surface area contributed by atoms with Crippen LogP contribution >= 0.6 is 0 Å². The third-order valence-electron chi connectivity index (χ3n) is 5.04. The molecule has 0 N–H and O–H groups in total. The number of likely N-dealkylation sites (N-methyl/N-ethyl adjacent to an activating group) is 1. The smallest absolute Gasteiger partial charge is 0.265 e. The number of nitrogens with zero attached hydrogens (tertiary/aromatic N) is 4. The van der Waals surface area contributed by atoms with Gasteiger partial charge in [-0.1, -0.05) is 12.1 Å². The Hall–Kier alpha value is -2.70. The molecule has 0 aliphatic rings. The largest absolute Gasteiger partial charge is 0.497 e. The van der Waals surface area contributed by atoms with E-state index >= 15 is 0 Å². The first kappa shape index (κ1) is 21.0. The van der Waals surface area contributed by atoms with Crippen molar-refractivity contribution in [3.05, 3.63) is 64.7 Å². The van der Waals surface area contributed by atoms with Crippen molar-refractivity contribution in [1.29, 1.82) is 0 Å². The lowest BCUT2D eigenvalue weighted by molar-refractivity contribution is 0.301. The van der Waals surface area contributed by atoms with Gasteiger partial charge in [-0.2, -0.15) is 0 Å². The number of hydrogen-bond donors (Lipinski definition) is 0. The van der Waals surface area contributed by atoms with Gasteiger partial charge in [-0.25, -0.2) is 4.98 Å². The number of aromatic nitrogens is 2. The van der Waals surface area contributed by atoms with Crippen molar-refractivity contribution in [3.63, 3.8) is 0 Å². The zero-order valence-electron chi connectivity index (χ0n) is 17.8. The van der Waals surface area contributed by atoms with Crippen LogP contribution in [-0.2, 0) is 6.42 Å². The van der Waals surface area contributed by atoms with E-state index < -0.39 is 0 Å². The topological polar surface area (TPSA) is 50.6 Å². The Labute approximate surface area is 172 Å². The molecule has 0 atom stereocenters. The molecule has 0 aliphatic carbocycles. The molecule has 3 aromatic rings. The molecular weight excluding hydrogens is 364 g/mol. The summed E-state index contributed by atoms with van der Waals surface area (Å²) < 4.78 is 6.99. The number of methoxy groups -OCH3 is 1. The Kier molecular flexibility index (Phi) is 7.01. The lowest BCUT2D eigenvalue weighted by atomic mass is 10.2. The molecule has 6 nitrogen and oxygen atoms in total. The second-order valence-corrected chi connectivity index (χ2v) is 7.59.